The van der Waals surface area contributed by atoms with Crippen molar-refractivity contribution in [1.29, 1.82) is 0 Å². The van der Waals surface area contributed by atoms with Crippen LogP contribution in [-0.4, -0.2) is 29.1 Å². The van der Waals surface area contributed by atoms with Crippen LogP contribution < -0.4 is 0 Å². The molecule has 9 atom stereocenters. The van der Waals surface area contributed by atoms with E-state index in [1.165, 1.54) is 5.57 Å². The van der Waals surface area contributed by atoms with Crippen LogP contribution in [0.25, 0.3) is 0 Å². The molecule has 0 spiro atoms. The lowest BCUT2D eigenvalue weighted by molar-refractivity contribution is -0.149. The van der Waals surface area contributed by atoms with Gasteiger partial charge in [0.25, 0.3) is 0 Å². The summed E-state index contributed by atoms with van der Waals surface area (Å²) in [5.74, 6) is 0.809. The van der Waals surface area contributed by atoms with E-state index in [4.69, 9.17) is 4.74 Å². The van der Waals surface area contributed by atoms with Gasteiger partial charge in [0.1, 0.15) is 11.9 Å². The van der Waals surface area contributed by atoms with Gasteiger partial charge >= 0.3 is 5.97 Å². The van der Waals surface area contributed by atoms with Gasteiger partial charge in [0.2, 0.25) is 0 Å². The first-order chi connectivity index (χ1) is 15.8. The van der Waals surface area contributed by atoms with Gasteiger partial charge in [-0.15, -0.1) is 0 Å². The summed E-state index contributed by atoms with van der Waals surface area (Å²) in [6.07, 6.45) is 9.94. The van der Waals surface area contributed by atoms with Crippen molar-refractivity contribution < 1.29 is 19.4 Å². The molecule has 5 rings (SSSR count). The molecule has 4 fully saturated rings. The van der Waals surface area contributed by atoms with Crippen LogP contribution in [0.1, 0.15) is 93.4 Å². The van der Waals surface area contributed by atoms with Crippen LogP contribution in [0.2, 0.25) is 0 Å². The number of aliphatic hydroxyl groups excluding tert-OH is 1. The Morgan fingerprint density at radius 2 is 1.82 bits per heavy atom. The zero-order valence-corrected chi connectivity index (χ0v) is 22.2. The van der Waals surface area contributed by atoms with E-state index in [2.05, 4.69) is 46.8 Å². The summed E-state index contributed by atoms with van der Waals surface area (Å²) < 4.78 is 5.76. The molecule has 0 aromatic rings. The molecule has 0 aromatic heterocycles. The lowest BCUT2D eigenvalue weighted by Crippen LogP contribution is -2.57. The van der Waals surface area contributed by atoms with Crippen molar-refractivity contribution in [2.24, 2.45) is 45.3 Å². The van der Waals surface area contributed by atoms with Gasteiger partial charge in [0.05, 0.1) is 12.0 Å². The van der Waals surface area contributed by atoms with Gasteiger partial charge in [0, 0.05) is 24.2 Å². The van der Waals surface area contributed by atoms with Crippen molar-refractivity contribution in [2.75, 3.05) is 0 Å². The molecule has 0 amide bonds. The van der Waals surface area contributed by atoms with Crippen LogP contribution in [-0.2, 0) is 14.3 Å². The summed E-state index contributed by atoms with van der Waals surface area (Å²) in [5, 5.41) is 11.5. The summed E-state index contributed by atoms with van der Waals surface area (Å²) in [4.78, 5) is 25.9. The van der Waals surface area contributed by atoms with E-state index in [0.717, 1.165) is 37.7 Å². The standard InChI is InChI=1S/C30H44O4/c1-17(2)14-18-15-19(26(33)34-18)25-22(31)16-30(7)21-8-9-23-27(3,4)24(32)11-12-28(23,5)20(21)10-13-29(25,30)6/h8,14,18-20,22-23,25,31H,9-13,15-16H2,1-7H3/t18?,19-,20-,22-,23-,25+,28+,29-,30+/m0/s1. The summed E-state index contributed by atoms with van der Waals surface area (Å²) in [6.45, 7) is 15.5. The van der Waals surface area contributed by atoms with Gasteiger partial charge in [-0.2, -0.15) is 0 Å². The molecule has 4 aliphatic carbocycles. The van der Waals surface area contributed by atoms with Gasteiger partial charge in [-0.1, -0.05) is 51.8 Å². The van der Waals surface area contributed by atoms with Crippen molar-refractivity contribution in [2.45, 2.75) is 106 Å². The van der Waals surface area contributed by atoms with Crippen LogP contribution >= 0.6 is 0 Å². The Kier molecular flexibility index (Phi) is 5.39. The predicted octanol–water partition coefficient (Wildman–Crippen LogP) is 6.03. The molecule has 1 unspecified atom stereocenters. The largest absolute Gasteiger partial charge is 0.458 e. The second-order valence-electron chi connectivity index (χ2n) is 13.8. The first-order valence-corrected chi connectivity index (χ1v) is 13.5. The van der Waals surface area contributed by atoms with Crippen LogP contribution in [0.5, 0.6) is 0 Å². The van der Waals surface area contributed by atoms with Crippen molar-refractivity contribution in [3.63, 3.8) is 0 Å². The van der Waals surface area contributed by atoms with Crippen LogP contribution in [0.3, 0.4) is 0 Å². The Balaban J connectivity index is 1.51. The van der Waals surface area contributed by atoms with Crippen molar-refractivity contribution in [1.82, 2.24) is 0 Å². The van der Waals surface area contributed by atoms with Gasteiger partial charge in [-0.3, -0.25) is 9.59 Å². The minimum Gasteiger partial charge on any atom is -0.458 e. The highest BCUT2D eigenvalue weighted by Gasteiger charge is 2.69. The third kappa shape index (κ3) is 3.06. The number of allylic oxidation sites excluding steroid dienone is 3. The molecule has 1 saturated heterocycles. The molecule has 1 N–H and O–H groups in total. The number of esters is 1. The minimum absolute atomic E-state index is 0.0719. The predicted molar refractivity (Wildman–Crippen MR) is 133 cm³/mol. The van der Waals surface area contributed by atoms with Gasteiger partial charge in [0.15, 0.2) is 0 Å². The molecule has 188 valence electrons. The van der Waals surface area contributed by atoms with E-state index in [1.807, 2.05) is 13.8 Å². The van der Waals surface area contributed by atoms with Crippen molar-refractivity contribution in [3.8, 4) is 0 Å². The Morgan fingerprint density at radius 3 is 2.50 bits per heavy atom. The number of ketones is 1. The summed E-state index contributed by atoms with van der Waals surface area (Å²) >= 11 is 0. The molecule has 0 radical (unpaired) electrons. The van der Waals surface area contributed by atoms with Gasteiger partial charge < -0.3 is 9.84 Å². The van der Waals surface area contributed by atoms with E-state index in [-0.39, 0.29) is 45.6 Å². The molecular formula is C30H44O4. The third-order valence-electron chi connectivity index (χ3n) is 11.6. The Morgan fingerprint density at radius 1 is 1.12 bits per heavy atom. The molecule has 4 heteroatoms. The number of ether oxygens (including phenoxy) is 1. The maximum Gasteiger partial charge on any atom is 0.310 e. The lowest BCUT2D eigenvalue weighted by atomic mass is 9.41. The maximum atomic E-state index is 13.0. The number of carbonyl (C=O) groups is 2. The molecule has 5 aliphatic rings. The average Bonchev–Trinajstić information content (AvgIpc) is 3.17. The summed E-state index contributed by atoms with van der Waals surface area (Å²) in [5.41, 5.74) is 2.25. The van der Waals surface area contributed by atoms with Crippen molar-refractivity contribution in [3.05, 3.63) is 23.3 Å². The third-order valence-corrected chi connectivity index (χ3v) is 11.6. The van der Waals surface area contributed by atoms with E-state index in [9.17, 15) is 14.7 Å². The number of fused-ring (bicyclic) bond motifs is 5. The number of Topliss-reactive ketones (excluding diaryl/α,β-unsaturated/α-hetero) is 1. The summed E-state index contributed by atoms with van der Waals surface area (Å²) in [7, 11) is 0. The van der Waals surface area contributed by atoms with Crippen LogP contribution in [0.4, 0.5) is 0 Å². The number of hydrogen-bond acceptors (Lipinski definition) is 4. The van der Waals surface area contributed by atoms with E-state index < -0.39 is 6.10 Å². The Labute approximate surface area is 205 Å². The van der Waals surface area contributed by atoms with Crippen LogP contribution in [0.15, 0.2) is 23.3 Å². The van der Waals surface area contributed by atoms with E-state index in [0.29, 0.717) is 30.5 Å². The average molecular weight is 469 g/mol. The monoisotopic (exact) mass is 468 g/mol. The van der Waals surface area contributed by atoms with Crippen LogP contribution in [0, 0.1) is 45.3 Å². The Hall–Kier alpha value is -1.42. The van der Waals surface area contributed by atoms with Crippen molar-refractivity contribution >= 4 is 11.8 Å². The first-order valence-electron chi connectivity index (χ1n) is 13.5. The van der Waals surface area contributed by atoms with E-state index >= 15 is 0 Å². The molecule has 4 nitrogen and oxygen atoms in total. The van der Waals surface area contributed by atoms with Gasteiger partial charge in [-0.05, 0) is 80.1 Å². The number of aliphatic hydroxyl groups is 1. The SMILES string of the molecule is CC(C)=CC1C[C@@H]([C@@H]2[C@@H](O)C[C@]3(C)C4=CC[C@H]5C(C)(C)C(=O)CC[C@]5(C)[C@H]4CC[C@@]23C)C(=O)O1. The second kappa shape index (κ2) is 7.54. The highest BCUT2D eigenvalue weighted by Crippen LogP contribution is 2.73. The Bertz CT molecular complexity index is 970. The molecule has 3 saturated carbocycles. The number of carbonyl (C=O) groups excluding carboxylic acids is 2. The number of rotatable bonds is 2. The number of cyclic esters (lactones) is 1. The first kappa shape index (κ1) is 24.3. The fourth-order valence-electron chi connectivity index (χ4n) is 9.73. The minimum atomic E-state index is -0.493. The molecule has 0 aromatic carbocycles. The molecule has 1 heterocycles. The maximum absolute atomic E-state index is 13.0. The van der Waals surface area contributed by atoms with Gasteiger partial charge in [-0.25, -0.2) is 0 Å². The lowest BCUT2D eigenvalue weighted by Gasteiger charge is -2.63. The fourth-order valence-corrected chi connectivity index (χ4v) is 9.73. The van der Waals surface area contributed by atoms with E-state index in [1.54, 1.807) is 0 Å². The highest BCUT2D eigenvalue weighted by molar-refractivity contribution is 5.85. The highest BCUT2D eigenvalue weighted by atomic mass is 16.5. The molecular weight excluding hydrogens is 424 g/mol. The zero-order chi connectivity index (χ0) is 24.8. The second-order valence-corrected chi connectivity index (χ2v) is 13.8. The quantitative estimate of drug-likeness (QED) is 0.397. The zero-order valence-electron chi connectivity index (χ0n) is 22.2. The topological polar surface area (TPSA) is 63.6 Å². The molecule has 34 heavy (non-hydrogen) atoms. The number of hydrogen-bond donors (Lipinski definition) is 1. The summed E-state index contributed by atoms with van der Waals surface area (Å²) in [6, 6.07) is 0. The molecule has 0 bridgehead atoms. The normalized spacial score (nSPS) is 49.5. The molecule has 1 aliphatic heterocycles. The smallest absolute Gasteiger partial charge is 0.310 e. The fraction of sp³-hybridized carbons (Fsp3) is 0.800.